The Morgan fingerprint density at radius 2 is 1.79 bits per heavy atom. The van der Waals surface area contributed by atoms with E-state index in [0.29, 0.717) is 12.1 Å². The first kappa shape index (κ1) is 21.1. The van der Waals surface area contributed by atoms with E-state index in [9.17, 15) is 9.59 Å². The summed E-state index contributed by atoms with van der Waals surface area (Å²) in [6.07, 6.45) is 2.79. The second-order valence-electron chi connectivity index (χ2n) is 8.14. The molecule has 3 rings (SSSR count). The van der Waals surface area contributed by atoms with Crippen molar-refractivity contribution in [3.05, 3.63) is 59.7 Å². The maximum atomic E-state index is 12.7. The quantitative estimate of drug-likeness (QED) is 0.787. The summed E-state index contributed by atoms with van der Waals surface area (Å²) in [7, 11) is 5.85. The van der Waals surface area contributed by atoms with Gasteiger partial charge >= 0.3 is 0 Å². The number of carbonyl (C=O) groups is 2. The van der Waals surface area contributed by atoms with Crippen LogP contribution in [0.4, 0.5) is 0 Å². The zero-order valence-corrected chi connectivity index (χ0v) is 17.6. The highest BCUT2D eigenvalue weighted by molar-refractivity contribution is 5.95. The number of carbonyl (C=O) groups excluding carboxylic acids is 2. The summed E-state index contributed by atoms with van der Waals surface area (Å²) in [5.41, 5.74) is 3.98. The molecule has 0 radical (unpaired) electrons. The third-order valence-corrected chi connectivity index (χ3v) is 5.51. The molecule has 2 aromatic carbocycles. The number of benzene rings is 2. The fourth-order valence-electron chi connectivity index (χ4n) is 3.65. The third kappa shape index (κ3) is 5.67. The van der Waals surface area contributed by atoms with Gasteiger partial charge in [0.1, 0.15) is 0 Å². The van der Waals surface area contributed by atoms with Gasteiger partial charge in [0, 0.05) is 38.2 Å². The van der Waals surface area contributed by atoms with E-state index in [1.165, 1.54) is 5.56 Å². The van der Waals surface area contributed by atoms with E-state index in [0.717, 1.165) is 43.5 Å². The fourth-order valence-corrected chi connectivity index (χ4v) is 3.65. The number of rotatable bonds is 7. The normalized spacial score (nSPS) is 16.6. The fraction of sp³-hybridized carbons (Fsp3) is 0.417. The standard InChI is InChI=1S/C24H31N3O2/c1-26(2)14-15-27(3)24(29)22-7-4-6-20(17-22)19-11-9-18(10-12-19)16-21-8-5-13-25-23(21)28/h4,6-7,9-12,17,21H,5,8,13-16H2,1-3H3,(H,25,28). The molecule has 2 aromatic rings. The lowest BCUT2D eigenvalue weighted by atomic mass is 9.91. The first-order valence-corrected chi connectivity index (χ1v) is 10.3. The van der Waals surface area contributed by atoms with Crippen molar-refractivity contribution >= 4 is 11.8 Å². The predicted octanol–water partition coefficient (Wildman–Crippen LogP) is 3.06. The van der Waals surface area contributed by atoms with Crippen LogP contribution in [0.1, 0.15) is 28.8 Å². The molecule has 5 nitrogen and oxygen atoms in total. The second kappa shape index (κ2) is 9.70. The number of nitrogens with one attached hydrogen (secondary N) is 1. The summed E-state index contributed by atoms with van der Waals surface area (Å²) in [6, 6.07) is 16.1. The monoisotopic (exact) mass is 393 g/mol. The number of nitrogens with zero attached hydrogens (tertiary/aromatic N) is 2. The van der Waals surface area contributed by atoms with Gasteiger partial charge in [-0.25, -0.2) is 0 Å². The van der Waals surface area contributed by atoms with E-state index >= 15 is 0 Å². The number of piperidine rings is 1. The smallest absolute Gasteiger partial charge is 0.253 e. The van der Waals surface area contributed by atoms with Gasteiger partial charge in [0.05, 0.1) is 0 Å². The third-order valence-electron chi connectivity index (χ3n) is 5.51. The molecule has 1 N–H and O–H groups in total. The van der Waals surface area contributed by atoms with Crippen molar-refractivity contribution in [2.24, 2.45) is 5.92 Å². The Bertz CT molecular complexity index is 845. The molecule has 1 atom stereocenters. The van der Waals surface area contributed by atoms with Crippen LogP contribution in [0.2, 0.25) is 0 Å². The van der Waals surface area contributed by atoms with E-state index in [2.05, 4.69) is 34.5 Å². The molecule has 5 heteroatoms. The first-order valence-electron chi connectivity index (χ1n) is 10.3. The van der Waals surface area contributed by atoms with E-state index in [1.54, 1.807) is 4.90 Å². The van der Waals surface area contributed by atoms with Crippen molar-refractivity contribution < 1.29 is 9.59 Å². The van der Waals surface area contributed by atoms with E-state index in [1.807, 2.05) is 45.4 Å². The largest absolute Gasteiger partial charge is 0.356 e. The summed E-state index contributed by atoms with van der Waals surface area (Å²) in [6.45, 7) is 2.33. The van der Waals surface area contributed by atoms with Crippen molar-refractivity contribution in [2.75, 3.05) is 40.8 Å². The molecule has 1 unspecified atom stereocenters. The molecule has 0 aromatic heterocycles. The highest BCUT2D eigenvalue weighted by Crippen LogP contribution is 2.24. The Morgan fingerprint density at radius 1 is 1.03 bits per heavy atom. The maximum absolute atomic E-state index is 12.7. The van der Waals surface area contributed by atoms with Crippen LogP contribution in [0.5, 0.6) is 0 Å². The molecule has 0 saturated carbocycles. The minimum Gasteiger partial charge on any atom is -0.356 e. The van der Waals surface area contributed by atoms with Crippen LogP contribution >= 0.6 is 0 Å². The van der Waals surface area contributed by atoms with Gasteiger partial charge in [-0.1, -0.05) is 36.4 Å². The van der Waals surface area contributed by atoms with E-state index < -0.39 is 0 Å². The Kier molecular flexibility index (Phi) is 7.04. The summed E-state index contributed by atoms with van der Waals surface area (Å²) < 4.78 is 0. The topological polar surface area (TPSA) is 52.6 Å². The lowest BCUT2D eigenvalue weighted by Crippen LogP contribution is -2.37. The molecule has 1 aliphatic heterocycles. The molecule has 1 aliphatic rings. The number of likely N-dealkylation sites (N-methyl/N-ethyl adjacent to an activating group) is 2. The van der Waals surface area contributed by atoms with Gasteiger partial charge in [0.2, 0.25) is 5.91 Å². The molecular weight excluding hydrogens is 362 g/mol. The molecular formula is C24H31N3O2. The SMILES string of the molecule is CN(C)CCN(C)C(=O)c1cccc(-c2ccc(CC3CCCNC3=O)cc2)c1. The van der Waals surface area contributed by atoms with Crippen LogP contribution in [0, 0.1) is 5.92 Å². The Hall–Kier alpha value is -2.66. The zero-order valence-electron chi connectivity index (χ0n) is 17.6. The first-order chi connectivity index (χ1) is 13.9. The van der Waals surface area contributed by atoms with Crippen molar-refractivity contribution in [1.82, 2.24) is 15.1 Å². The van der Waals surface area contributed by atoms with Crippen LogP contribution in [0.3, 0.4) is 0 Å². The van der Waals surface area contributed by atoms with E-state index in [-0.39, 0.29) is 17.7 Å². The van der Waals surface area contributed by atoms with E-state index in [4.69, 9.17) is 0 Å². The summed E-state index contributed by atoms with van der Waals surface area (Å²) in [5, 5.41) is 2.95. The molecule has 0 aliphatic carbocycles. The molecule has 1 fully saturated rings. The number of amides is 2. The molecule has 1 heterocycles. The highest BCUT2D eigenvalue weighted by Gasteiger charge is 2.22. The Morgan fingerprint density at radius 3 is 2.48 bits per heavy atom. The van der Waals surface area contributed by atoms with Gasteiger partial charge in [-0.2, -0.15) is 0 Å². The average Bonchev–Trinajstić information content (AvgIpc) is 2.73. The Labute approximate surface area is 173 Å². The van der Waals surface area contributed by atoms with Gasteiger partial charge < -0.3 is 15.1 Å². The van der Waals surface area contributed by atoms with Gasteiger partial charge in [-0.05, 0) is 62.2 Å². The molecule has 0 bridgehead atoms. The number of hydrogen-bond acceptors (Lipinski definition) is 3. The molecule has 1 saturated heterocycles. The minimum atomic E-state index is 0.0358. The van der Waals surface area contributed by atoms with Crippen molar-refractivity contribution in [3.63, 3.8) is 0 Å². The summed E-state index contributed by atoms with van der Waals surface area (Å²) in [5.74, 6) is 0.284. The van der Waals surface area contributed by atoms with Gasteiger partial charge in [0.15, 0.2) is 0 Å². The van der Waals surface area contributed by atoms with Crippen LogP contribution < -0.4 is 5.32 Å². The van der Waals surface area contributed by atoms with Gasteiger partial charge in [-0.15, -0.1) is 0 Å². The summed E-state index contributed by atoms with van der Waals surface area (Å²) in [4.78, 5) is 28.5. The molecule has 0 spiro atoms. The summed E-state index contributed by atoms with van der Waals surface area (Å²) >= 11 is 0. The number of hydrogen-bond donors (Lipinski definition) is 1. The van der Waals surface area contributed by atoms with Gasteiger partial charge in [0.25, 0.3) is 5.91 Å². The molecule has 2 amide bonds. The van der Waals surface area contributed by atoms with Crippen LogP contribution in [-0.2, 0) is 11.2 Å². The van der Waals surface area contributed by atoms with Crippen molar-refractivity contribution in [3.8, 4) is 11.1 Å². The van der Waals surface area contributed by atoms with Crippen LogP contribution in [0.25, 0.3) is 11.1 Å². The Balaban J connectivity index is 1.68. The second-order valence-corrected chi connectivity index (χ2v) is 8.14. The van der Waals surface area contributed by atoms with Gasteiger partial charge in [-0.3, -0.25) is 9.59 Å². The predicted molar refractivity (Wildman–Crippen MR) is 117 cm³/mol. The molecule has 29 heavy (non-hydrogen) atoms. The maximum Gasteiger partial charge on any atom is 0.253 e. The highest BCUT2D eigenvalue weighted by atomic mass is 16.2. The molecule has 154 valence electrons. The lowest BCUT2D eigenvalue weighted by molar-refractivity contribution is -0.126. The average molecular weight is 394 g/mol. The zero-order chi connectivity index (χ0) is 20.8. The van der Waals surface area contributed by atoms with Crippen molar-refractivity contribution in [2.45, 2.75) is 19.3 Å². The minimum absolute atomic E-state index is 0.0358. The van der Waals surface area contributed by atoms with Crippen molar-refractivity contribution in [1.29, 1.82) is 0 Å². The van der Waals surface area contributed by atoms with Crippen LogP contribution in [-0.4, -0.2) is 62.4 Å². The van der Waals surface area contributed by atoms with Crippen LogP contribution in [0.15, 0.2) is 48.5 Å². The lowest BCUT2D eigenvalue weighted by Gasteiger charge is -2.21.